The summed E-state index contributed by atoms with van der Waals surface area (Å²) in [5.41, 5.74) is 14.1. The van der Waals surface area contributed by atoms with Crippen LogP contribution in [0.1, 0.15) is 0 Å². The second-order valence-electron chi connectivity index (χ2n) is 15.0. The molecule has 0 saturated carbocycles. The summed E-state index contributed by atoms with van der Waals surface area (Å²) in [7, 11) is 0. The molecule has 1 aliphatic rings. The lowest BCUT2D eigenvalue weighted by Crippen LogP contribution is -2.01. The van der Waals surface area contributed by atoms with Gasteiger partial charge in [0, 0.05) is 47.5 Å². The molecule has 0 spiro atoms. The molecule has 0 N–H and O–H groups in total. The Kier molecular flexibility index (Phi) is 6.07. The second-order valence-corrected chi connectivity index (χ2v) is 16.0. The number of benzene rings is 9. The number of hydrogen-bond donors (Lipinski definition) is 0. The third-order valence-corrected chi connectivity index (χ3v) is 13.3. The average Bonchev–Trinajstić information content (AvgIpc) is 3.78. The van der Waals surface area contributed by atoms with Gasteiger partial charge < -0.3 is 4.57 Å². The van der Waals surface area contributed by atoms with E-state index in [0.29, 0.717) is 0 Å². The molecule has 0 fully saturated rings. The summed E-state index contributed by atoms with van der Waals surface area (Å²) < 4.78 is 5.08. The van der Waals surface area contributed by atoms with Gasteiger partial charge in [-0.1, -0.05) is 152 Å². The van der Waals surface area contributed by atoms with Crippen molar-refractivity contribution in [1.82, 2.24) is 9.55 Å². The fraction of sp³-hybridized carbons (Fsp3) is 0. The summed E-state index contributed by atoms with van der Waals surface area (Å²) in [4.78, 5) is 5.69. The van der Waals surface area contributed by atoms with Gasteiger partial charge >= 0.3 is 0 Å². The summed E-state index contributed by atoms with van der Waals surface area (Å²) in [5.74, 6) is 0. The molecule has 0 amide bonds. The first-order chi connectivity index (χ1) is 27.8. The van der Waals surface area contributed by atoms with Crippen molar-refractivity contribution in [2.24, 2.45) is 0 Å². The molecular weight excluding hydrogens is 697 g/mol. The average molecular weight is 727 g/mol. The van der Waals surface area contributed by atoms with Gasteiger partial charge in [-0.25, -0.2) is 4.98 Å². The maximum atomic E-state index is 5.69. The highest BCUT2D eigenvalue weighted by atomic mass is 32.1. The molecule has 3 heteroatoms. The lowest BCUT2D eigenvalue weighted by Gasteiger charge is -2.19. The highest BCUT2D eigenvalue weighted by Gasteiger charge is 2.28. The molecule has 0 saturated heterocycles. The van der Waals surface area contributed by atoms with E-state index in [0.717, 1.165) is 27.8 Å². The number of nitrogens with zero attached hydrogens (tertiary/aromatic N) is 2. The van der Waals surface area contributed by atoms with E-state index in [1.807, 2.05) is 11.3 Å². The Morgan fingerprint density at radius 1 is 0.411 bits per heavy atom. The van der Waals surface area contributed by atoms with E-state index >= 15 is 0 Å². The fourth-order valence-corrected chi connectivity index (χ4v) is 11.0. The number of hydrogen-bond acceptors (Lipinski definition) is 2. The minimum atomic E-state index is 0.989. The Morgan fingerprint density at radius 2 is 1.09 bits per heavy atom. The van der Waals surface area contributed by atoms with Gasteiger partial charge in [-0.05, 0) is 79.7 Å². The first-order valence-corrected chi connectivity index (χ1v) is 20.0. The summed E-state index contributed by atoms with van der Waals surface area (Å²) in [6, 6.07) is 67.1. The van der Waals surface area contributed by atoms with E-state index in [2.05, 4.69) is 187 Å². The van der Waals surface area contributed by atoms with Crippen LogP contribution >= 0.6 is 11.3 Å². The zero-order valence-electron chi connectivity index (χ0n) is 30.1. The third kappa shape index (κ3) is 4.02. The maximum Gasteiger partial charge on any atom is 0.0964 e. The standard InChI is InChI=1S/C53H30N2S/c1-2-12-31(13-3-1)35-26-29-45-51-49(35)39-19-7-6-17-36(39)38-20-10-15-33-25-28-44(50(51)48(33)38)55(45)46-30-42-34-16-5-4-14-32(34)24-27-43(42)54-52(46)41-22-11-21-40-37-18-8-9-23-47(37)56-53(40)41/h1-30H. The molecule has 0 bridgehead atoms. The summed E-state index contributed by atoms with van der Waals surface area (Å²) >= 11 is 1.86. The first-order valence-electron chi connectivity index (χ1n) is 19.2. The number of thiophene rings is 1. The predicted molar refractivity (Wildman–Crippen MR) is 239 cm³/mol. The van der Waals surface area contributed by atoms with Crippen LogP contribution in [0.5, 0.6) is 0 Å². The molecule has 9 aromatic carbocycles. The highest BCUT2D eigenvalue weighted by Crippen LogP contribution is 2.53. The van der Waals surface area contributed by atoms with E-state index in [-0.39, 0.29) is 0 Å². The van der Waals surface area contributed by atoms with E-state index in [9.17, 15) is 0 Å². The van der Waals surface area contributed by atoms with Crippen LogP contribution in [0.15, 0.2) is 182 Å². The molecule has 0 atom stereocenters. The van der Waals surface area contributed by atoms with Crippen LogP contribution in [-0.4, -0.2) is 9.55 Å². The normalized spacial score (nSPS) is 12.3. The van der Waals surface area contributed by atoms with Gasteiger partial charge in [0.2, 0.25) is 0 Å². The van der Waals surface area contributed by atoms with Gasteiger partial charge in [-0.3, -0.25) is 0 Å². The minimum absolute atomic E-state index is 0.989. The summed E-state index contributed by atoms with van der Waals surface area (Å²) in [6.07, 6.45) is 0. The minimum Gasteiger partial charge on any atom is -0.307 e. The van der Waals surface area contributed by atoms with Crippen LogP contribution in [0, 0.1) is 0 Å². The van der Waals surface area contributed by atoms with Crippen LogP contribution in [0.4, 0.5) is 0 Å². The van der Waals surface area contributed by atoms with Crippen molar-refractivity contribution >= 4 is 85.8 Å². The molecule has 258 valence electrons. The largest absolute Gasteiger partial charge is 0.307 e. The molecule has 0 radical (unpaired) electrons. The van der Waals surface area contributed by atoms with Gasteiger partial charge in [0.25, 0.3) is 0 Å². The Bertz CT molecular complexity index is 3640. The van der Waals surface area contributed by atoms with Crippen molar-refractivity contribution in [3.05, 3.63) is 182 Å². The SMILES string of the molecule is c1ccc(-c2ccc3c4c2-c2ccccc2-c2cccc5ccc(c4c25)n3-c2cc3c(ccc4ccccc43)nc2-c2cccc3c2sc2ccccc23)cc1. The van der Waals surface area contributed by atoms with Crippen molar-refractivity contribution in [2.75, 3.05) is 0 Å². The predicted octanol–water partition coefficient (Wildman–Crippen LogP) is 15.0. The first kappa shape index (κ1) is 30.3. The monoisotopic (exact) mass is 726 g/mol. The van der Waals surface area contributed by atoms with Crippen LogP contribution in [0.3, 0.4) is 0 Å². The van der Waals surface area contributed by atoms with Crippen molar-refractivity contribution in [3.63, 3.8) is 0 Å². The lowest BCUT2D eigenvalue weighted by molar-refractivity contribution is 1.16. The number of fused-ring (bicyclic) bond motifs is 9. The van der Waals surface area contributed by atoms with E-state index in [1.165, 1.54) is 96.9 Å². The molecule has 2 nitrogen and oxygen atoms in total. The fourth-order valence-electron chi connectivity index (χ4n) is 9.74. The highest BCUT2D eigenvalue weighted by molar-refractivity contribution is 7.26. The molecule has 12 aromatic rings. The van der Waals surface area contributed by atoms with Gasteiger partial charge in [-0.2, -0.15) is 0 Å². The molecule has 0 aliphatic heterocycles. The van der Waals surface area contributed by atoms with E-state index < -0.39 is 0 Å². The van der Waals surface area contributed by atoms with Gasteiger partial charge in [0.1, 0.15) is 0 Å². The van der Waals surface area contributed by atoms with Crippen LogP contribution in [0.25, 0.3) is 125 Å². The lowest BCUT2D eigenvalue weighted by atomic mass is 9.88. The Labute approximate surface area is 326 Å². The topological polar surface area (TPSA) is 17.8 Å². The van der Waals surface area contributed by atoms with E-state index in [1.54, 1.807) is 0 Å². The Hall–Kier alpha value is -7.07. The third-order valence-electron chi connectivity index (χ3n) is 12.1. The number of aromatic nitrogens is 2. The maximum absolute atomic E-state index is 5.69. The molecular formula is C53H30N2S. The van der Waals surface area contributed by atoms with Crippen molar-refractivity contribution in [3.8, 4) is 50.3 Å². The van der Waals surface area contributed by atoms with Crippen LogP contribution in [0.2, 0.25) is 0 Å². The summed E-state index contributed by atoms with van der Waals surface area (Å²) in [6.45, 7) is 0. The number of pyridine rings is 1. The molecule has 3 aromatic heterocycles. The molecule has 3 heterocycles. The van der Waals surface area contributed by atoms with Gasteiger partial charge in [0.15, 0.2) is 0 Å². The molecule has 1 aliphatic carbocycles. The van der Waals surface area contributed by atoms with Crippen molar-refractivity contribution < 1.29 is 0 Å². The quantitative estimate of drug-likeness (QED) is 0.166. The van der Waals surface area contributed by atoms with Gasteiger partial charge in [0.05, 0.1) is 27.9 Å². The summed E-state index contributed by atoms with van der Waals surface area (Å²) in [5, 5.41) is 11.3. The zero-order valence-corrected chi connectivity index (χ0v) is 30.9. The smallest absolute Gasteiger partial charge is 0.0964 e. The Balaban J connectivity index is 1.26. The molecule has 0 unspecified atom stereocenters. The Morgan fingerprint density at radius 3 is 2.02 bits per heavy atom. The molecule has 13 rings (SSSR count). The van der Waals surface area contributed by atoms with Crippen molar-refractivity contribution in [1.29, 1.82) is 0 Å². The van der Waals surface area contributed by atoms with Gasteiger partial charge in [-0.15, -0.1) is 11.3 Å². The van der Waals surface area contributed by atoms with E-state index in [4.69, 9.17) is 4.98 Å². The number of rotatable bonds is 3. The molecule has 56 heavy (non-hydrogen) atoms. The second kappa shape index (κ2) is 11.2. The zero-order chi connectivity index (χ0) is 36.5. The van der Waals surface area contributed by atoms with Crippen molar-refractivity contribution in [2.45, 2.75) is 0 Å². The van der Waals surface area contributed by atoms with Crippen LogP contribution in [-0.2, 0) is 0 Å². The van der Waals surface area contributed by atoms with Crippen LogP contribution < -0.4 is 0 Å².